The maximum Gasteiger partial charge on any atom is 0.268 e. The zero-order chi connectivity index (χ0) is 59.8. The number of hydrogen-bond acceptors (Lipinski definition) is 6. The number of likely N-dealkylation sites (N-methyl/N-ethyl adjacent to an activating group) is 1. The lowest BCUT2D eigenvalue weighted by molar-refractivity contribution is -0.870. The SMILES string of the molecule is CC/C=C\C/C=C\C/C=C\C/C=C\CCCCCCCCCCCCCCCCCCCCCCCCCCCCCCC(=O)NC(COP(=O)([O-])OCC[N+](C)(C)C)C(O)CCCCCCCCCCCCCCCCCCCCC. The Balaban J connectivity index is 3.86. The number of nitrogens with zero attached hydrogens (tertiary/aromatic N) is 1. The van der Waals surface area contributed by atoms with E-state index in [9.17, 15) is 19.4 Å². The van der Waals surface area contributed by atoms with Gasteiger partial charge in [-0.15, -0.1) is 0 Å². The summed E-state index contributed by atoms with van der Waals surface area (Å²) in [7, 11) is 1.32. The molecule has 3 unspecified atom stereocenters. The van der Waals surface area contributed by atoms with Crippen LogP contribution in [0.1, 0.15) is 361 Å². The fourth-order valence-corrected chi connectivity index (χ4v) is 11.8. The van der Waals surface area contributed by atoms with Crippen molar-refractivity contribution in [3.8, 4) is 0 Å². The van der Waals surface area contributed by atoms with E-state index in [1.807, 2.05) is 21.1 Å². The molecule has 8 nitrogen and oxygen atoms in total. The van der Waals surface area contributed by atoms with Crippen LogP contribution in [0.25, 0.3) is 0 Å². The second-order valence-electron chi connectivity index (χ2n) is 25.9. The van der Waals surface area contributed by atoms with Crippen molar-refractivity contribution >= 4 is 13.7 Å². The lowest BCUT2D eigenvalue weighted by atomic mass is 10.0. The molecule has 3 atom stereocenters. The quantitative estimate of drug-likeness (QED) is 0.0272. The molecule has 0 bridgehead atoms. The summed E-state index contributed by atoms with van der Waals surface area (Å²) in [6, 6.07) is -0.799. The summed E-state index contributed by atoms with van der Waals surface area (Å²) in [6.07, 6.45) is 86.4. The van der Waals surface area contributed by atoms with Gasteiger partial charge in [0.05, 0.1) is 39.9 Å². The van der Waals surface area contributed by atoms with Gasteiger partial charge in [-0.05, 0) is 51.4 Å². The van der Waals surface area contributed by atoms with Gasteiger partial charge < -0.3 is 28.8 Å². The number of nitrogens with one attached hydrogen (secondary N) is 1. The third-order valence-corrected chi connectivity index (χ3v) is 17.5. The van der Waals surface area contributed by atoms with Crippen LogP contribution in [0.4, 0.5) is 0 Å². The zero-order valence-electron chi connectivity index (χ0n) is 55.5. The van der Waals surface area contributed by atoms with Crippen LogP contribution in [0.5, 0.6) is 0 Å². The number of amides is 1. The van der Waals surface area contributed by atoms with Crippen molar-refractivity contribution in [2.75, 3.05) is 40.9 Å². The van der Waals surface area contributed by atoms with Crippen LogP contribution < -0.4 is 10.2 Å². The molecule has 0 aliphatic heterocycles. The molecule has 0 heterocycles. The van der Waals surface area contributed by atoms with Gasteiger partial charge >= 0.3 is 0 Å². The molecule has 0 aromatic heterocycles. The van der Waals surface area contributed by atoms with Gasteiger partial charge in [0.2, 0.25) is 5.91 Å². The maximum atomic E-state index is 13.0. The van der Waals surface area contributed by atoms with Gasteiger partial charge in [-0.25, -0.2) is 0 Å². The largest absolute Gasteiger partial charge is 0.756 e. The Hall–Kier alpha value is -1.54. The Morgan fingerprint density at radius 3 is 1.09 bits per heavy atom. The van der Waals surface area contributed by atoms with Crippen LogP contribution in [0.15, 0.2) is 48.6 Å². The van der Waals surface area contributed by atoms with Crippen molar-refractivity contribution in [3.63, 3.8) is 0 Å². The molecule has 0 aliphatic carbocycles. The molecule has 0 aromatic rings. The second-order valence-corrected chi connectivity index (χ2v) is 27.3. The van der Waals surface area contributed by atoms with E-state index in [2.05, 4.69) is 67.8 Å². The standard InChI is InChI=1S/C73H141N2O6P/c1-6-8-10-12-14-16-18-20-22-24-26-27-28-29-30-31-32-33-34-35-36-37-38-39-40-41-42-43-44-45-46-47-49-51-53-55-57-59-61-63-65-67-73(77)74-71(70-81-82(78,79)80-69-68-75(3,4)5)72(76)66-64-62-60-58-56-54-52-50-48-25-23-21-19-17-15-13-11-9-7-2/h8,10,14,16,20,22,26-27,71-72,76H,6-7,9,11-13,15,17-19,21,23-25,28-70H2,1-5H3,(H-,74,77,78,79)/b10-8-,16-14-,22-20-,27-26-. The van der Waals surface area contributed by atoms with Crippen LogP contribution in [-0.2, 0) is 18.4 Å². The van der Waals surface area contributed by atoms with Gasteiger partial charge in [-0.1, -0.05) is 351 Å². The van der Waals surface area contributed by atoms with E-state index in [0.29, 0.717) is 23.9 Å². The van der Waals surface area contributed by atoms with Gasteiger partial charge in [-0.2, -0.15) is 0 Å². The number of aliphatic hydroxyl groups excluding tert-OH is 1. The van der Waals surface area contributed by atoms with Crippen molar-refractivity contribution in [2.45, 2.75) is 373 Å². The topological polar surface area (TPSA) is 108 Å². The summed E-state index contributed by atoms with van der Waals surface area (Å²) in [5, 5.41) is 14.1. The Morgan fingerprint density at radius 2 is 0.744 bits per heavy atom. The first kappa shape index (κ1) is 80.5. The van der Waals surface area contributed by atoms with E-state index in [-0.39, 0.29) is 19.1 Å². The number of phosphoric acid groups is 1. The van der Waals surface area contributed by atoms with E-state index in [0.717, 1.165) is 64.2 Å². The molecule has 0 saturated heterocycles. The Morgan fingerprint density at radius 1 is 0.439 bits per heavy atom. The van der Waals surface area contributed by atoms with Crippen LogP contribution in [-0.4, -0.2) is 68.5 Å². The molecule has 0 aromatic carbocycles. The number of aliphatic hydroxyl groups is 1. The minimum absolute atomic E-state index is 0.0148. The highest BCUT2D eigenvalue weighted by Gasteiger charge is 2.24. The molecule has 0 fully saturated rings. The van der Waals surface area contributed by atoms with E-state index < -0.39 is 20.0 Å². The number of phosphoric ester groups is 1. The molecule has 484 valence electrons. The van der Waals surface area contributed by atoms with Crippen LogP contribution in [0.2, 0.25) is 0 Å². The van der Waals surface area contributed by atoms with E-state index in [1.165, 1.54) is 270 Å². The lowest BCUT2D eigenvalue weighted by Gasteiger charge is -2.30. The van der Waals surface area contributed by atoms with Gasteiger partial charge in [0.25, 0.3) is 7.82 Å². The number of carbonyl (C=O) groups excluding carboxylic acids is 1. The highest BCUT2D eigenvalue weighted by atomic mass is 31.2. The number of rotatable bonds is 67. The first-order valence-electron chi connectivity index (χ1n) is 36.0. The summed E-state index contributed by atoms with van der Waals surface area (Å²) in [4.78, 5) is 25.6. The second kappa shape index (κ2) is 63.9. The number of carbonyl (C=O) groups is 1. The molecule has 0 rings (SSSR count). The number of allylic oxidation sites excluding steroid dienone is 8. The first-order valence-corrected chi connectivity index (χ1v) is 37.4. The Kier molecular flexibility index (Phi) is 62.7. The Bertz CT molecular complexity index is 1480. The molecule has 0 saturated carbocycles. The fraction of sp³-hybridized carbons (Fsp3) is 0.877. The van der Waals surface area contributed by atoms with Crippen molar-refractivity contribution in [1.82, 2.24) is 5.32 Å². The molecular formula is C73H141N2O6P. The average Bonchev–Trinajstić information content (AvgIpc) is 3.47. The third-order valence-electron chi connectivity index (χ3n) is 16.6. The fourth-order valence-electron chi connectivity index (χ4n) is 11.0. The monoisotopic (exact) mass is 1170 g/mol. The Labute approximate surface area is 511 Å². The summed E-state index contributed by atoms with van der Waals surface area (Å²) in [5.41, 5.74) is 0. The summed E-state index contributed by atoms with van der Waals surface area (Å²) in [5.74, 6) is -0.156. The smallest absolute Gasteiger partial charge is 0.268 e. The first-order chi connectivity index (χ1) is 40.0. The van der Waals surface area contributed by atoms with E-state index in [1.54, 1.807) is 0 Å². The molecule has 9 heteroatoms. The van der Waals surface area contributed by atoms with Crippen LogP contribution >= 0.6 is 7.82 Å². The molecule has 0 radical (unpaired) electrons. The molecular weight excluding hydrogens is 1030 g/mol. The third kappa shape index (κ3) is 66.0. The van der Waals surface area contributed by atoms with Crippen molar-refractivity contribution in [3.05, 3.63) is 48.6 Å². The summed E-state index contributed by atoms with van der Waals surface area (Å²) >= 11 is 0. The highest BCUT2D eigenvalue weighted by Crippen LogP contribution is 2.38. The molecule has 1 amide bonds. The minimum Gasteiger partial charge on any atom is -0.756 e. The number of hydrogen-bond donors (Lipinski definition) is 2. The summed E-state index contributed by atoms with van der Waals surface area (Å²) in [6.45, 7) is 4.66. The van der Waals surface area contributed by atoms with Crippen LogP contribution in [0.3, 0.4) is 0 Å². The van der Waals surface area contributed by atoms with Crippen molar-refractivity contribution < 1.29 is 32.9 Å². The van der Waals surface area contributed by atoms with E-state index in [4.69, 9.17) is 9.05 Å². The molecule has 0 aliphatic rings. The van der Waals surface area contributed by atoms with Crippen molar-refractivity contribution in [2.24, 2.45) is 0 Å². The molecule has 0 spiro atoms. The van der Waals surface area contributed by atoms with Gasteiger partial charge in [0, 0.05) is 6.42 Å². The predicted octanol–water partition coefficient (Wildman–Crippen LogP) is 22.4. The zero-order valence-corrected chi connectivity index (χ0v) is 56.4. The number of unbranched alkanes of at least 4 members (excludes halogenated alkanes) is 46. The minimum atomic E-state index is -4.58. The van der Waals surface area contributed by atoms with Crippen LogP contribution in [0, 0.1) is 0 Å². The molecule has 2 N–H and O–H groups in total. The normalized spacial score (nSPS) is 13.9. The van der Waals surface area contributed by atoms with Gasteiger partial charge in [-0.3, -0.25) is 9.36 Å². The number of quaternary nitrogens is 1. The van der Waals surface area contributed by atoms with Gasteiger partial charge in [0.1, 0.15) is 13.2 Å². The average molecular weight is 1170 g/mol. The summed E-state index contributed by atoms with van der Waals surface area (Å²) < 4.78 is 23.5. The van der Waals surface area contributed by atoms with E-state index >= 15 is 0 Å². The molecule has 82 heavy (non-hydrogen) atoms. The highest BCUT2D eigenvalue weighted by molar-refractivity contribution is 7.45. The van der Waals surface area contributed by atoms with Gasteiger partial charge in [0.15, 0.2) is 0 Å². The lowest BCUT2D eigenvalue weighted by Crippen LogP contribution is -2.46. The predicted molar refractivity (Wildman–Crippen MR) is 358 cm³/mol. The van der Waals surface area contributed by atoms with Crippen molar-refractivity contribution in [1.29, 1.82) is 0 Å². The maximum absolute atomic E-state index is 13.0.